The lowest BCUT2D eigenvalue weighted by Crippen LogP contribution is -2.24. The van der Waals surface area contributed by atoms with Gasteiger partial charge in [0.2, 0.25) is 0 Å². The zero-order valence-corrected chi connectivity index (χ0v) is 24.8. The topological polar surface area (TPSA) is 69.0 Å². The molecule has 0 aliphatic heterocycles. The molecule has 0 N–H and O–H groups in total. The summed E-state index contributed by atoms with van der Waals surface area (Å²) >= 11 is 0. The van der Waals surface area contributed by atoms with Gasteiger partial charge in [0, 0.05) is 16.2 Å². The first-order valence-corrected chi connectivity index (χ1v) is 15.1. The molecule has 2 aliphatic carbocycles. The van der Waals surface area contributed by atoms with Crippen molar-refractivity contribution >= 4 is 33.2 Å². The number of aromatic nitrogens is 2. The van der Waals surface area contributed by atoms with E-state index in [4.69, 9.17) is 19.6 Å². The molecule has 0 amide bonds. The Hall–Kier alpha value is -3.80. The van der Waals surface area contributed by atoms with E-state index >= 15 is 0 Å². The van der Waals surface area contributed by atoms with Gasteiger partial charge in [-0.3, -0.25) is 0 Å². The molecule has 41 heavy (non-hydrogen) atoms. The highest BCUT2D eigenvalue weighted by atomic mass is 16.6. The van der Waals surface area contributed by atoms with Crippen LogP contribution in [-0.4, -0.2) is 34.6 Å². The van der Waals surface area contributed by atoms with Crippen molar-refractivity contribution in [2.75, 3.05) is 13.2 Å². The first kappa shape index (κ1) is 27.4. The van der Waals surface area contributed by atoms with Crippen molar-refractivity contribution in [1.82, 2.24) is 9.97 Å². The Morgan fingerprint density at radius 1 is 0.634 bits per heavy atom. The summed E-state index contributed by atoms with van der Waals surface area (Å²) in [5.74, 6) is 0. The number of para-hydroxylation sites is 2. The molecule has 0 saturated heterocycles. The summed E-state index contributed by atoms with van der Waals surface area (Å²) in [5.41, 5.74) is 10.9. The van der Waals surface area contributed by atoms with Crippen LogP contribution in [0.4, 0.5) is 0 Å². The third-order valence-corrected chi connectivity index (χ3v) is 8.55. The molecule has 2 heterocycles. The van der Waals surface area contributed by atoms with Gasteiger partial charge < -0.3 is 9.68 Å². The molecule has 2 aromatic heterocycles. The molecule has 0 spiro atoms. The lowest BCUT2D eigenvalue weighted by Gasteiger charge is -2.22. The van der Waals surface area contributed by atoms with Crippen molar-refractivity contribution < 1.29 is 9.68 Å². The number of hydrogen-bond acceptors (Lipinski definition) is 6. The second kappa shape index (κ2) is 11.6. The summed E-state index contributed by atoms with van der Waals surface area (Å²) in [7, 11) is 0. The van der Waals surface area contributed by atoms with Crippen LogP contribution in [0.15, 0.2) is 58.8 Å². The Labute approximate surface area is 242 Å². The molecule has 0 unspecified atom stereocenters. The lowest BCUT2D eigenvalue weighted by atomic mass is 9.97. The van der Waals surface area contributed by atoms with Crippen molar-refractivity contribution in [3.63, 3.8) is 0 Å². The van der Waals surface area contributed by atoms with Gasteiger partial charge in [-0.05, 0) is 99.6 Å². The van der Waals surface area contributed by atoms with E-state index in [0.29, 0.717) is 13.2 Å². The van der Waals surface area contributed by atoms with Gasteiger partial charge in [-0.2, -0.15) is 0 Å². The largest absolute Gasteiger partial charge is 0.395 e. The highest BCUT2D eigenvalue weighted by Gasteiger charge is 2.24. The molecule has 6 nitrogen and oxygen atoms in total. The van der Waals surface area contributed by atoms with Gasteiger partial charge in [-0.25, -0.2) is 9.97 Å². The van der Waals surface area contributed by atoms with Crippen LogP contribution in [0.2, 0.25) is 0 Å². The molecule has 0 radical (unpaired) electrons. The average Bonchev–Trinajstić information content (AvgIpc) is 3.30. The molecule has 6 rings (SSSR count). The summed E-state index contributed by atoms with van der Waals surface area (Å²) < 4.78 is 0. The van der Waals surface area contributed by atoms with Gasteiger partial charge in [0.05, 0.1) is 22.4 Å². The van der Waals surface area contributed by atoms with Crippen molar-refractivity contribution in [2.24, 2.45) is 15.7 Å². The van der Waals surface area contributed by atoms with Crippen molar-refractivity contribution in [1.29, 1.82) is 0 Å². The Kier molecular flexibility index (Phi) is 7.74. The molecule has 0 bridgehead atoms. The summed E-state index contributed by atoms with van der Waals surface area (Å²) in [6, 6.07) is 16.8. The van der Waals surface area contributed by atoms with E-state index in [-0.39, 0.29) is 5.41 Å². The molecule has 0 fully saturated rings. The van der Waals surface area contributed by atoms with Crippen molar-refractivity contribution in [3.05, 3.63) is 82.2 Å². The first-order chi connectivity index (χ1) is 19.9. The average molecular weight is 549 g/mol. The Balaban J connectivity index is 1.16. The lowest BCUT2D eigenvalue weighted by molar-refractivity contribution is -0.000238. The van der Waals surface area contributed by atoms with Crippen molar-refractivity contribution in [2.45, 2.75) is 79.1 Å². The van der Waals surface area contributed by atoms with E-state index in [2.05, 4.69) is 74.4 Å². The van der Waals surface area contributed by atoms with Crippen LogP contribution in [0.1, 0.15) is 86.0 Å². The predicted octanol–water partition coefficient (Wildman–Crippen LogP) is 8.02. The fraction of sp³-hybridized carbons (Fsp3) is 0.429. The van der Waals surface area contributed by atoms with E-state index < -0.39 is 0 Å². The second-order valence-corrected chi connectivity index (χ2v) is 12.4. The molecule has 212 valence electrons. The van der Waals surface area contributed by atoms with Crippen LogP contribution in [0.5, 0.6) is 0 Å². The summed E-state index contributed by atoms with van der Waals surface area (Å²) in [6.45, 7) is 9.54. The molecular weight excluding hydrogens is 508 g/mol. The summed E-state index contributed by atoms with van der Waals surface area (Å²) in [4.78, 5) is 22.0. The number of fused-ring (bicyclic) bond motifs is 4. The molecule has 0 atom stereocenters. The summed E-state index contributed by atoms with van der Waals surface area (Å²) in [6.07, 6.45) is 8.27. The van der Waals surface area contributed by atoms with E-state index in [1.807, 2.05) is 12.1 Å². The van der Waals surface area contributed by atoms with Crippen LogP contribution in [0.25, 0.3) is 21.8 Å². The number of aryl methyl sites for hydroxylation is 2. The predicted molar refractivity (Wildman–Crippen MR) is 167 cm³/mol. The van der Waals surface area contributed by atoms with Crippen LogP contribution >= 0.6 is 0 Å². The van der Waals surface area contributed by atoms with Crippen LogP contribution < -0.4 is 0 Å². The monoisotopic (exact) mass is 548 g/mol. The SMILES string of the molecule is Cc1c2c(nc3ccccc13)C(=NOCC(C)(C)CON=C1CCCCc3c1nc1ccccc1c3C)CCCC2. The number of benzene rings is 2. The van der Waals surface area contributed by atoms with Crippen LogP contribution in [0, 0.1) is 19.3 Å². The maximum atomic E-state index is 5.99. The number of hydrogen-bond donors (Lipinski definition) is 0. The Morgan fingerprint density at radius 2 is 1.05 bits per heavy atom. The van der Waals surface area contributed by atoms with Gasteiger partial charge in [-0.15, -0.1) is 0 Å². The number of nitrogens with zero attached hydrogens (tertiary/aromatic N) is 4. The number of rotatable bonds is 6. The standard InChI is InChI=1S/C35H40N4O2/c1-23-25-13-5-9-17-29(25)36-33-27(23)15-7-11-19-31(33)38-40-21-35(3,4)22-41-39-32-20-12-8-16-28-24(2)26-14-6-10-18-30(26)37-34(28)32/h5-6,9-10,13-14,17-18H,7-8,11-12,15-16,19-22H2,1-4H3. The highest BCUT2D eigenvalue weighted by Crippen LogP contribution is 2.30. The molecule has 2 aliphatic rings. The maximum absolute atomic E-state index is 5.99. The number of oxime groups is 2. The van der Waals surface area contributed by atoms with Gasteiger partial charge in [0.25, 0.3) is 0 Å². The van der Waals surface area contributed by atoms with Gasteiger partial charge in [0.15, 0.2) is 0 Å². The molecule has 0 saturated carbocycles. The minimum Gasteiger partial charge on any atom is -0.395 e. The quantitative estimate of drug-likeness (QED) is 0.181. The fourth-order valence-electron chi connectivity index (χ4n) is 6.14. The van der Waals surface area contributed by atoms with E-state index in [1.54, 1.807) is 0 Å². The summed E-state index contributed by atoms with van der Waals surface area (Å²) in [5, 5.41) is 11.7. The van der Waals surface area contributed by atoms with Crippen LogP contribution in [0.3, 0.4) is 0 Å². The second-order valence-electron chi connectivity index (χ2n) is 12.4. The normalized spacial score (nSPS) is 17.8. The van der Waals surface area contributed by atoms with Gasteiger partial charge >= 0.3 is 0 Å². The van der Waals surface area contributed by atoms with Crippen molar-refractivity contribution in [3.8, 4) is 0 Å². The third kappa shape index (κ3) is 5.70. The molecule has 4 aromatic rings. The smallest absolute Gasteiger partial charge is 0.125 e. The molecule has 2 aromatic carbocycles. The zero-order valence-electron chi connectivity index (χ0n) is 24.8. The fourth-order valence-corrected chi connectivity index (χ4v) is 6.14. The minimum absolute atomic E-state index is 0.269. The van der Waals surface area contributed by atoms with Gasteiger partial charge in [-0.1, -0.05) is 60.6 Å². The minimum atomic E-state index is -0.269. The Morgan fingerprint density at radius 3 is 1.51 bits per heavy atom. The zero-order chi connectivity index (χ0) is 28.4. The first-order valence-electron chi connectivity index (χ1n) is 15.1. The van der Waals surface area contributed by atoms with E-state index in [1.165, 1.54) is 33.0 Å². The molecule has 6 heteroatoms. The van der Waals surface area contributed by atoms with Crippen LogP contribution in [-0.2, 0) is 22.5 Å². The highest BCUT2D eigenvalue weighted by molar-refractivity contribution is 6.03. The van der Waals surface area contributed by atoms with E-state index in [9.17, 15) is 0 Å². The van der Waals surface area contributed by atoms with Gasteiger partial charge in [0.1, 0.15) is 24.6 Å². The maximum Gasteiger partial charge on any atom is 0.125 e. The number of pyridine rings is 2. The third-order valence-electron chi connectivity index (χ3n) is 8.55. The molecular formula is C35H40N4O2. The van der Waals surface area contributed by atoms with E-state index in [0.717, 1.165) is 85.2 Å². The Bertz CT molecular complexity index is 1530.